The summed E-state index contributed by atoms with van der Waals surface area (Å²) in [7, 11) is 0. The van der Waals surface area contributed by atoms with Crippen molar-refractivity contribution in [3.63, 3.8) is 0 Å². The maximum atomic E-state index is 12.4. The number of oxazole rings is 1. The first-order chi connectivity index (χ1) is 15.0. The number of carbonyl (C=O) groups excluding carboxylic acids is 1. The Kier molecular flexibility index (Phi) is 5.95. The fourth-order valence-electron chi connectivity index (χ4n) is 3.14. The molecule has 0 spiro atoms. The lowest BCUT2D eigenvalue weighted by Gasteiger charge is -2.10. The zero-order valence-corrected chi connectivity index (χ0v) is 18.0. The highest BCUT2D eigenvalue weighted by atomic mass is 32.1. The summed E-state index contributed by atoms with van der Waals surface area (Å²) in [4.78, 5) is 17.0. The van der Waals surface area contributed by atoms with Gasteiger partial charge in [-0.3, -0.25) is 10.1 Å². The van der Waals surface area contributed by atoms with Crippen molar-refractivity contribution in [3.05, 3.63) is 77.9 Å². The molecule has 3 aromatic carbocycles. The monoisotopic (exact) mass is 431 g/mol. The summed E-state index contributed by atoms with van der Waals surface area (Å²) in [5, 5.41) is 5.89. The van der Waals surface area contributed by atoms with Crippen LogP contribution in [0.1, 0.15) is 22.8 Å². The molecule has 0 radical (unpaired) electrons. The van der Waals surface area contributed by atoms with Gasteiger partial charge >= 0.3 is 0 Å². The predicted octanol–water partition coefficient (Wildman–Crippen LogP) is 5.33. The van der Waals surface area contributed by atoms with Crippen LogP contribution in [0.25, 0.3) is 22.6 Å². The Hall–Kier alpha value is -3.71. The third-order valence-electron chi connectivity index (χ3n) is 4.68. The highest BCUT2D eigenvalue weighted by Crippen LogP contribution is 2.28. The normalized spacial score (nSPS) is 10.6. The number of hydrogen-bond donors (Lipinski definition) is 2. The Morgan fingerprint density at radius 1 is 1.10 bits per heavy atom. The van der Waals surface area contributed by atoms with Gasteiger partial charge in [0.25, 0.3) is 5.91 Å². The van der Waals surface area contributed by atoms with E-state index >= 15 is 0 Å². The van der Waals surface area contributed by atoms with E-state index < -0.39 is 0 Å². The molecule has 7 heteroatoms. The fraction of sp³-hybridized carbons (Fsp3) is 0.125. The molecule has 0 fully saturated rings. The summed E-state index contributed by atoms with van der Waals surface area (Å²) in [6.45, 7) is 4.50. The standard InChI is InChI=1S/C24H21N3O3S/c1-3-29-18-11-8-16(9-12-18)22(28)27-24(31)25-17-10-13-21-20(14-17)26-23(30-21)19-7-5-4-6-15(19)2/h4-14H,3H2,1-2H3,(H2,25,27,28,31). The number of nitrogens with zero attached hydrogens (tertiary/aromatic N) is 1. The van der Waals surface area contributed by atoms with Gasteiger partial charge in [0.05, 0.1) is 6.61 Å². The maximum Gasteiger partial charge on any atom is 0.257 e. The summed E-state index contributed by atoms with van der Waals surface area (Å²) in [6.07, 6.45) is 0. The van der Waals surface area contributed by atoms with Gasteiger partial charge in [-0.1, -0.05) is 18.2 Å². The van der Waals surface area contributed by atoms with Crippen LogP contribution in [-0.4, -0.2) is 22.6 Å². The zero-order valence-electron chi connectivity index (χ0n) is 17.1. The van der Waals surface area contributed by atoms with Crippen molar-refractivity contribution in [1.82, 2.24) is 10.3 Å². The number of carbonyl (C=O) groups is 1. The summed E-state index contributed by atoms with van der Waals surface area (Å²) in [5.41, 5.74) is 4.60. The lowest BCUT2D eigenvalue weighted by Crippen LogP contribution is -2.34. The Balaban J connectivity index is 1.45. The van der Waals surface area contributed by atoms with Crippen LogP contribution in [0.15, 0.2) is 71.1 Å². The molecular weight excluding hydrogens is 410 g/mol. The van der Waals surface area contributed by atoms with Crippen LogP contribution in [0, 0.1) is 6.92 Å². The number of anilines is 1. The second kappa shape index (κ2) is 8.97. The van der Waals surface area contributed by atoms with Crippen LogP contribution >= 0.6 is 12.2 Å². The van der Waals surface area contributed by atoms with Crippen molar-refractivity contribution in [2.45, 2.75) is 13.8 Å². The lowest BCUT2D eigenvalue weighted by molar-refractivity contribution is 0.0977. The lowest BCUT2D eigenvalue weighted by atomic mass is 10.1. The number of nitrogens with one attached hydrogen (secondary N) is 2. The van der Waals surface area contributed by atoms with Gasteiger partial charge in [0.15, 0.2) is 10.7 Å². The first-order valence-corrected chi connectivity index (χ1v) is 10.3. The van der Waals surface area contributed by atoms with Crippen LogP contribution in [0.2, 0.25) is 0 Å². The molecule has 1 aromatic heterocycles. The molecule has 31 heavy (non-hydrogen) atoms. The summed E-state index contributed by atoms with van der Waals surface area (Å²) in [5.74, 6) is 0.979. The summed E-state index contributed by atoms with van der Waals surface area (Å²) >= 11 is 5.29. The minimum Gasteiger partial charge on any atom is -0.494 e. The van der Waals surface area contributed by atoms with Gasteiger partial charge in [0, 0.05) is 16.8 Å². The minimum absolute atomic E-state index is 0.195. The van der Waals surface area contributed by atoms with Gasteiger partial charge in [-0.05, 0) is 80.2 Å². The molecule has 0 aliphatic heterocycles. The van der Waals surface area contributed by atoms with Gasteiger partial charge in [-0.25, -0.2) is 4.98 Å². The molecule has 0 saturated carbocycles. The van der Waals surface area contributed by atoms with Crippen LogP contribution in [0.4, 0.5) is 5.69 Å². The van der Waals surface area contributed by atoms with Crippen LogP contribution in [0.5, 0.6) is 5.75 Å². The minimum atomic E-state index is -0.301. The van der Waals surface area contributed by atoms with Crippen LogP contribution in [-0.2, 0) is 0 Å². The van der Waals surface area contributed by atoms with E-state index in [9.17, 15) is 4.79 Å². The number of amides is 1. The summed E-state index contributed by atoms with van der Waals surface area (Å²) in [6, 6.07) is 20.3. The molecule has 4 rings (SSSR count). The van der Waals surface area contributed by atoms with Crippen molar-refractivity contribution < 1.29 is 13.9 Å². The van der Waals surface area contributed by atoms with Gasteiger partial charge in [0.1, 0.15) is 11.3 Å². The smallest absolute Gasteiger partial charge is 0.257 e. The molecule has 156 valence electrons. The van der Waals surface area contributed by atoms with E-state index in [1.165, 1.54) is 0 Å². The molecule has 6 nitrogen and oxygen atoms in total. The van der Waals surface area contributed by atoms with E-state index in [1.54, 1.807) is 24.3 Å². The molecule has 1 amide bonds. The molecule has 2 N–H and O–H groups in total. The van der Waals surface area contributed by atoms with Gasteiger partial charge in [0.2, 0.25) is 5.89 Å². The third kappa shape index (κ3) is 4.73. The molecule has 0 atom stereocenters. The van der Waals surface area contributed by atoms with E-state index in [0.717, 1.165) is 11.1 Å². The Morgan fingerprint density at radius 2 is 1.87 bits per heavy atom. The average Bonchev–Trinajstić information content (AvgIpc) is 3.18. The average molecular weight is 432 g/mol. The number of ether oxygens (including phenoxy) is 1. The van der Waals surface area contributed by atoms with Gasteiger partial charge in [-0.15, -0.1) is 0 Å². The van der Waals surface area contributed by atoms with Crippen LogP contribution < -0.4 is 15.4 Å². The third-order valence-corrected chi connectivity index (χ3v) is 4.88. The number of fused-ring (bicyclic) bond motifs is 1. The SMILES string of the molecule is CCOc1ccc(C(=O)NC(=S)Nc2ccc3oc(-c4ccccc4C)nc3c2)cc1. The van der Waals surface area contributed by atoms with E-state index in [1.807, 2.05) is 56.3 Å². The first-order valence-electron chi connectivity index (χ1n) is 9.85. The highest BCUT2D eigenvalue weighted by molar-refractivity contribution is 7.80. The molecule has 0 saturated heterocycles. The van der Waals surface area contributed by atoms with Crippen molar-refractivity contribution in [2.75, 3.05) is 11.9 Å². The van der Waals surface area contributed by atoms with Crippen molar-refractivity contribution in [1.29, 1.82) is 0 Å². The zero-order chi connectivity index (χ0) is 21.8. The van der Waals surface area contributed by atoms with Crippen molar-refractivity contribution in [3.8, 4) is 17.2 Å². The number of rotatable bonds is 5. The number of aryl methyl sites for hydroxylation is 1. The van der Waals surface area contributed by atoms with E-state index in [2.05, 4.69) is 15.6 Å². The first kappa shape index (κ1) is 20.6. The Bertz CT molecular complexity index is 1250. The van der Waals surface area contributed by atoms with Crippen molar-refractivity contribution in [2.24, 2.45) is 0 Å². The largest absolute Gasteiger partial charge is 0.494 e. The predicted molar refractivity (Wildman–Crippen MR) is 125 cm³/mol. The number of benzene rings is 3. The quantitative estimate of drug-likeness (QED) is 0.416. The van der Waals surface area contributed by atoms with E-state index in [0.29, 0.717) is 40.6 Å². The Labute approximate surface area is 185 Å². The topological polar surface area (TPSA) is 76.4 Å². The molecule has 4 aromatic rings. The molecular formula is C24H21N3O3S. The number of thiocarbonyl (C=S) groups is 1. The molecule has 0 unspecified atom stereocenters. The molecule has 0 aliphatic carbocycles. The maximum absolute atomic E-state index is 12.4. The fourth-order valence-corrected chi connectivity index (χ4v) is 3.35. The van der Waals surface area contributed by atoms with Gasteiger partial charge < -0.3 is 14.5 Å². The van der Waals surface area contributed by atoms with Crippen LogP contribution in [0.3, 0.4) is 0 Å². The summed E-state index contributed by atoms with van der Waals surface area (Å²) < 4.78 is 11.3. The van der Waals surface area contributed by atoms with Crippen molar-refractivity contribution >= 4 is 40.0 Å². The molecule has 1 heterocycles. The number of aromatic nitrogens is 1. The molecule has 0 aliphatic rings. The molecule has 0 bridgehead atoms. The second-order valence-corrected chi connectivity index (χ2v) is 7.29. The number of hydrogen-bond acceptors (Lipinski definition) is 5. The van der Waals surface area contributed by atoms with E-state index in [-0.39, 0.29) is 11.0 Å². The second-order valence-electron chi connectivity index (χ2n) is 6.88. The Morgan fingerprint density at radius 3 is 2.61 bits per heavy atom. The highest BCUT2D eigenvalue weighted by Gasteiger charge is 2.12. The van der Waals surface area contributed by atoms with E-state index in [4.69, 9.17) is 21.4 Å². The van der Waals surface area contributed by atoms with Gasteiger partial charge in [-0.2, -0.15) is 0 Å².